The number of H-pyrrole nitrogens is 1. The van der Waals surface area contributed by atoms with Gasteiger partial charge in [0.05, 0.1) is 39.8 Å². The number of pyridine rings is 1. The number of primary amides is 1. The summed E-state index contributed by atoms with van der Waals surface area (Å²) >= 11 is 7.02. The molecule has 1 aromatic carbocycles. The predicted octanol–water partition coefficient (Wildman–Crippen LogP) is 1.48. The summed E-state index contributed by atoms with van der Waals surface area (Å²) < 4.78 is 1.87. The van der Waals surface area contributed by atoms with Crippen LogP contribution in [0.3, 0.4) is 0 Å². The van der Waals surface area contributed by atoms with Gasteiger partial charge in [-0.25, -0.2) is 4.68 Å². The molecule has 0 atom stereocenters. The van der Waals surface area contributed by atoms with E-state index in [1.165, 1.54) is 16.9 Å². The predicted molar refractivity (Wildman–Crippen MR) is 129 cm³/mol. The number of nitrogens with two attached hydrogens (primary N) is 1. The highest BCUT2D eigenvalue weighted by molar-refractivity contribution is 7.18. The number of rotatable bonds is 8. The number of carbonyl (C=O) groups excluding carboxylic acids is 3. The lowest BCUT2D eigenvalue weighted by Crippen LogP contribution is -2.33. The van der Waals surface area contributed by atoms with Crippen molar-refractivity contribution in [3.8, 4) is 16.8 Å². The Morgan fingerprint density at radius 1 is 1.11 bits per heavy atom. The van der Waals surface area contributed by atoms with Gasteiger partial charge in [-0.1, -0.05) is 22.9 Å². The van der Waals surface area contributed by atoms with Crippen molar-refractivity contribution >= 4 is 40.7 Å². The van der Waals surface area contributed by atoms with Crippen molar-refractivity contribution in [2.24, 2.45) is 5.73 Å². The van der Waals surface area contributed by atoms with Gasteiger partial charge in [-0.2, -0.15) is 0 Å². The van der Waals surface area contributed by atoms with Crippen molar-refractivity contribution in [3.05, 3.63) is 85.7 Å². The summed E-state index contributed by atoms with van der Waals surface area (Å²) in [5.74, 6) is -1.60. The number of carbonyl (C=O) groups is 3. The molecular formula is C22H18ClN7O4S. The van der Waals surface area contributed by atoms with E-state index in [1.54, 1.807) is 42.6 Å². The minimum absolute atomic E-state index is 0.0923. The zero-order valence-corrected chi connectivity index (χ0v) is 19.5. The van der Waals surface area contributed by atoms with Gasteiger partial charge in [0.25, 0.3) is 17.4 Å². The van der Waals surface area contributed by atoms with E-state index in [2.05, 4.69) is 25.9 Å². The maximum atomic E-state index is 12.9. The first-order valence-electron chi connectivity index (χ1n) is 10.2. The number of nitrogens with one attached hydrogen (secondary N) is 3. The molecule has 0 unspecified atom stereocenters. The summed E-state index contributed by atoms with van der Waals surface area (Å²) in [6.45, 7) is -0.273. The lowest BCUT2D eigenvalue weighted by atomic mass is 10.0. The first kappa shape index (κ1) is 23.9. The molecule has 5 N–H and O–H groups in total. The third-order valence-electron chi connectivity index (χ3n) is 4.81. The summed E-state index contributed by atoms with van der Waals surface area (Å²) in [4.78, 5) is 51.5. The highest BCUT2D eigenvalue weighted by Gasteiger charge is 2.18. The molecule has 178 valence electrons. The molecule has 4 rings (SSSR count). The molecule has 0 aliphatic rings. The highest BCUT2D eigenvalue weighted by Crippen LogP contribution is 2.23. The first-order chi connectivity index (χ1) is 16.8. The summed E-state index contributed by atoms with van der Waals surface area (Å²) in [5, 5.41) is 13.3. The van der Waals surface area contributed by atoms with E-state index in [0.717, 1.165) is 11.3 Å². The van der Waals surface area contributed by atoms with Gasteiger partial charge >= 0.3 is 0 Å². The Bertz CT molecular complexity index is 1480. The average Bonchev–Trinajstić information content (AvgIpc) is 3.50. The minimum Gasteiger partial charge on any atom is -0.368 e. The molecule has 3 aromatic heterocycles. The summed E-state index contributed by atoms with van der Waals surface area (Å²) in [7, 11) is 0. The van der Waals surface area contributed by atoms with Crippen molar-refractivity contribution in [1.82, 2.24) is 30.6 Å². The molecule has 0 bridgehead atoms. The fourth-order valence-corrected chi connectivity index (χ4v) is 4.15. The van der Waals surface area contributed by atoms with Gasteiger partial charge in [0.15, 0.2) is 0 Å². The summed E-state index contributed by atoms with van der Waals surface area (Å²) in [5.41, 5.74) is 6.59. The van der Waals surface area contributed by atoms with E-state index in [-0.39, 0.29) is 30.1 Å². The van der Waals surface area contributed by atoms with Gasteiger partial charge in [0, 0.05) is 11.8 Å². The standard InChI is InChI=1S/C22H18ClN7O4S/c23-18-6-5-17(35-18)22(34)26-9-13-11-30(29-28-13)16-4-3-12(14-2-1-7-25-20(14)32)8-15(16)21(33)27-10-19(24)31/h1-8,11H,9-10H2,(H2,24,31)(H,25,32)(H,26,34)(H,27,33). The average molecular weight is 512 g/mol. The van der Waals surface area contributed by atoms with Crippen molar-refractivity contribution in [2.75, 3.05) is 6.54 Å². The Morgan fingerprint density at radius 3 is 2.66 bits per heavy atom. The Morgan fingerprint density at radius 2 is 1.94 bits per heavy atom. The van der Waals surface area contributed by atoms with Crippen LogP contribution in [0.15, 0.2) is 59.7 Å². The maximum Gasteiger partial charge on any atom is 0.261 e. The lowest BCUT2D eigenvalue weighted by molar-refractivity contribution is -0.117. The van der Waals surface area contributed by atoms with Crippen LogP contribution >= 0.6 is 22.9 Å². The van der Waals surface area contributed by atoms with E-state index in [4.69, 9.17) is 17.3 Å². The molecule has 3 heterocycles. The minimum atomic E-state index is -0.707. The van der Waals surface area contributed by atoms with Gasteiger partial charge in [-0.15, -0.1) is 16.4 Å². The normalized spacial score (nSPS) is 10.7. The van der Waals surface area contributed by atoms with Crippen molar-refractivity contribution in [3.63, 3.8) is 0 Å². The third-order valence-corrected chi connectivity index (χ3v) is 6.04. The lowest BCUT2D eigenvalue weighted by Gasteiger charge is -2.11. The fourth-order valence-electron chi connectivity index (χ4n) is 3.19. The maximum absolute atomic E-state index is 12.9. The summed E-state index contributed by atoms with van der Waals surface area (Å²) in [6, 6.07) is 11.3. The molecule has 13 heteroatoms. The molecule has 0 radical (unpaired) electrons. The number of aromatic amines is 1. The van der Waals surface area contributed by atoms with Crippen LogP contribution in [-0.4, -0.2) is 44.2 Å². The molecule has 0 aliphatic carbocycles. The second-order valence-corrected chi connectivity index (χ2v) is 8.95. The Balaban J connectivity index is 1.61. The second-order valence-electron chi connectivity index (χ2n) is 7.23. The summed E-state index contributed by atoms with van der Waals surface area (Å²) in [6.07, 6.45) is 3.06. The molecule has 35 heavy (non-hydrogen) atoms. The Hall–Kier alpha value is -4.29. The SMILES string of the molecule is NC(=O)CNC(=O)c1cc(-c2ccc[nH]c2=O)ccc1-n1cc(CNC(=O)c2ccc(Cl)s2)nn1. The molecule has 4 aromatic rings. The van der Waals surface area contributed by atoms with Crippen LogP contribution < -0.4 is 21.9 Å². The van der Waals surface area contributed by atoms with Gasteiger partial charge in [0.1, 0.15) is 5.69 Å². The zero-order valence-electron chi connectivity index (χ0n) is 17.9. The van der Waals surface area contributed by atoms with Gasteiger partial charge in [-0.05, 0) is 42.0 Å². The highest BCUT2D eigenvalue weighted by atomic mass is 35.5. The molecule has 11 nitrogen and oxygen atoms in total. The van der Waals surface area contributed by atoms with Crippen LogP contribution in [0.5, 0.6) is 0 Å². The van der Waals surface area contributed by atoms with Gasteiger partial charge < -0.3 is 21.4 Å². The molecular weight excluding hydrogens is 494 g/mol. The zero-order chi connectivity index (χ0) is 24.9. The Kier molecular flexibility index (Phi) is 7.03. The molecule has 0 fully saturated rings. The number of nitrogens with zero attached hydrogens (tertiary/aromatic N) is 3. The van der Waals surface area contributed by atoms with E-state index in [9.17, 15) is 19.2 Å². The molecule has 0 aliphatic heterocycles. The topological polar surface area (TPSA) is 165 Å². The molecule has 0 saturated carbocycles. The van der Waals surface area contributed by atoms with Crippen LogP contribution in [0.1, 0.15) is 25.7 Å². The van der Waals surface area contributed by atoms with Crippen LogP contribution in [0.25, 0.3) is 16.8 Å². The number of thiophene rings is 1. The monoisotopic (exact) mass is 511 g/mol. The van der Waals surface area contributed by atoms with Crippen LogP contribution in [-0.2, 0) is 11.3 Å². The molecule has 0 saturated heterocycles. The molecule has 0 spiro atoms. The van der Waals surface area contributed by atoms with Gasteiger partial charge in [-0.3, -0.25) is 19.2 Å². The number of benzene rings is 1. The second kappa shape index (κ2) is 10.3. The van der Waals surface area contributed by atoms with E-state index in [0.29, 0.717) is 31.7 Å². The number of amides is 3. The quantitative estimate of drug-likeness (QED) is 0.280. The first-order valence-corrected chi connectivity index (χ1v) is 11.3. The van der Waals surface area contributed by atoms with Crippen LogP contribution in [0.2, 0.25) is 4.34 Å². The van der Waals surface area contributed by atoms with Crippen molar-refractivity contribution < 1.29 is 14.4 Å². The van der Waals surface area contributed by atoms with E-state index in [1.807, 2.05) is 0 Å². The van der Waals surface area contributed by atoms with Crippen LogP contribution in [0, 0.1) is 0 Å². The fraction of sp³-hybridized carbons (Fsp3) is 0.0909. The van der Waals surface area contributed by atoms with Crippen LogP contribution in [0.4, 0.5) is 0 Å². The van der Waals surface area contributed by atoms with Gasteiger partial charge in [0.2, 0.25) is 5.91 Å². The number of hydrogen-bond acceptors (Lipinski definition) is 7. The van der Waals surface area contributed by atoms with E-state index >= 15 is 0 Å². The van der Waals surface area contributed by atoms with E-state index < -0.39 is 11.8 Å². The van der Waals surface area contributed by atoms with Crippen molar-refractivity contribution in [2.45, 2.75) is 6.54 Å². The Labute approximate surface area is 206 Å². The largest absolute Gasteiger partial charge is 0.368 e. The van der Waals surface area contributed by atoms with Crippen molar-refractivity contribution in [1.29, 1.82) is 0 Å². The molecule has 3 amide bonds. The number of hydrogen-bond donors (Lipinski definition) is 4. The number of aromatic nitrogens is 4. The third kappa shape index (κ3) is 5.62. The number of halogens is 1. The smallest absolute Gasteiger partial charge is 0.261 e.